The Kier molecular flexibility index (Phi) is 4.90. The van der Waals surface area contributed by atoms with E-state index in [0.29, 0.717) is 11.1 Å². The first-order valence-corrected chi connectivity index (χ1v) is 9.82. The number of fused-ring (bicyclic) bond motifs is 1. The Morgan fingerprint density at radius 3 is 2.10 bits per heavy atom. The van der Waals surface area contributed by atoms with Crippen LogP contribution in [0.15, 0.2) is 78.4 Å². The SMILES string of the molecule is C=C1[C@@H](C)O[C@]2(c3ccccc3)C(c3ccccc3)=C(C(=O)OC)C(=O)[C@]12C(=O)OC. The summed E-state index contributed by atoms with van der Waals surface area (Å²) in [5, 5.41) is 0. The zero-order valence-corrected chi connectivity index (χ0v) is 17.5. The first kappa shape index (κ1) is 20.8. The molecule has 2 aromatic carbocycles. The molecule has 1 fully saturated rings. The van der Waals surface area contributed by atoms with Crippen LogP contribution in [0.4, 0.5) is 0 Å². The lowest BCUT2D eigenvalue weighted by molar-refractivity contribution is -0.162. The molecule has 3 atom stereocenters. The van der Waals surface area contributed by atoms with Crippen molar-refractivity contribution < 1.29 is 28.6 Å². The second-order valence-corrected chi connectivity index (χ2v) is 7.51. The van der Waals surface area contributed by atoms with Crippen molar-refractivity contribution in [3.8, 4) is 0 Å². The zero-order valence-electron chi connectivity index (χ0n) is 17.5. The summed E-state index contributed by atoms with van der Waals surface area (Å²) in [6, 6.07) is 17.8. The molecule has 2 aromatic rings. The molecule has 31 heavy (non-hydrogen) atoms. The average Bonchev–Trinajstić information content (AvgIpc) is 3.19. The lowest BCUT2D eigenvalue weighted by atomic mass is 9.64. The van der Waals surface area contributed by atoms with Crippen molar-refractivity contribution >= 4 is 23.3 Å². The number of Topliss-reactive ketones (excluding diaryl/α,β-unsaturated/α-hetero) is 1. The molecule has 0 radical (unpaired) electrons. The fourth-order valence-electron chi connectivity index (χ4n) is 4.86. The van der Waals surface area contributed by atoms with Crippen LogP contribution in [0.25, 0.3) is 5.57 Å². The number of rotatable bonds is 4. The van der Waals surface area contributed by atoms with Crippen LogP contribution < -0.4 is 0 Å². The summed E-state index contributed by atoms with van der Waals surface area (Å²) in [4.78, 5) is 40.4. The number of hydrogen-bond acceptors (Lipinski definition) is 6. The van der Waals surface area contributed by atoms with E-state index in [0.717, 1.165) is 0 Å². The number of hydrogen-bond donors (Lipinski definition) is 0. The number of benzene rings is 2. The van der Waals surface area contributed by atoms with Crippen LogP contribution in [0.3, 0.4) is 0 Å². The van der Waals surface area contributed by atoms with Gasteiger partial charge in [0.05, 0.1) is 20.3 Å². The fourth-order valence-corrected chi connectivity index (χ4v) is 4.86. The quantitative estimate of drug-likeness (QED) is 0.328. The Morgan fingerprint density at radius 1 is 0.968 bits per heavy atom. The molecule has 4 rings (SSSR count). The standard InChI is InChI=1S/C25H22O6/c1-15-16(2)31-25(18-13-9-6-10-14-18)20(17-11-7-5-8-12-17)19(22(27)29-3)21(26)24(15,25)23(28)30-4/h5-14,16H,1H2,2-4H3/t16-,24+,25-/m1/s1. The minimum atomic E-state index is -1.96. The third-order valence-corrected chi connectivity index (χ3v) is 6.15. The highest BCUT2D eigenvalue weighted by Gasteiger charge is 2.77. The van der Waals surface area contributed by atoms with Gasteiger partial charge in [0.25, 0.3) is 0 Å². The molecule has 6 nitrogen and oxygen atoms in total. The minimum absolute atomic E-state index is 0.237. The lowest BCUT2D eigenvalue weighted by Gasteiger charge is -2.38. The molecule has 0 amide bonds. The Hall–Kier alpha value is -3.51. The highest BCUT2D eigenvalue weighted by atomic mass is 16.5. The van der Waals surface area contributed by atoms with Crippen LogP contribution in [0, 0.1) is 5.41 Å². The molecular formula is C25H22O6. The molecule has 0 aromatic heterocycles. The molecule has 0 saturated carbocycles. The second kappa shape index (κ2) is 7.32. The summed E-state index contributed by atoms with van der Waals surface area (Å²) >= 11 is 0. The number of ketones is 1. The van der Waals surface area contributed by atoms with Crippen molar-refractivity contribution in [1.29, 1.82) is 0 Å². The van der Waals surface area contributed by atoms with Crippen molar-refractivity contribution in [2.24, 2.45) is 5.41 Å². The molecule has 2 aliphatic rings. The van der Waals surface area contributed by atoms with Crippen LogP contribution in [-0.4, -0.2) is 38.0 Å². The summed E-state index contributed by atoms with van der Waals surface area (Å²) < 4.78 is 16.6. The van der Waals surface area contributed by atoms with E-state index < -0.39 is 34.8 Å². The van der Waals surface area contributed by atoms with E-state index in [-0.39, 0.29) is 16.7 Å². The van der Waals surface area contributed by atoms with Gasteiger partial charge < -0.3 is 14.2 Å². The summed E-state index contributed by atoms with van der Waals surface area (Å²) in [5.74, 6) is -2.41. The molecule has 1 aliphatic heterocycles. The lowest BCUT2D eigenvalue weighted by Crippen LogP contribution is -2.51. The fraction of sp³-hybridized carbons (Fsp3) is 0.240. The van der Waals surface area contributed by atoms with Gasteiger partial charge in [-0.25, -0.2) is 4.79 Å². The number of methoxy groups -OCH3 is 2. The Balaban J connectivity index is 2.22. The highest BCUT2D eigenvalue weighted by Crippen LogP contribution is 2.67. The molecule has 6 heteroatoms. The maximum absolute atomic E-state index is 14.0. The van der Waals surface area contributed by atoms with Gasteiger partial charge >= 0.3 is 11.9 Å². The molecule has 1 heterocycles. The van der Waals surface area contributed by atoms with Crippen molar-refractivity contribution in [3.63, 3.8) is 0 Å². The van der Waals surface area contributed by atoms with Gasteiger partial charge in [-0.2, -0.15) is 0 Å². The van der Waals surface area contributed by atoms with Crippen molar-refractivity contribution in [2.75, 3.05) is 14.2 Å². The highest BCUT2D eigenvalue weighted by molar-refractivity contribution is 6.35. The van der Waals surface area contributed by atoms with E-state index in [1.54, 1.807) is 55.5 Å². The van der Waals surface area contributed by atoms with E-state index >= 15 is 0 Å². The largest absolute Gasteiger partial charge is 0.468 e. The Labute approximate surface area is 180 Å². The van der Waals surface area contributed by atoms with Gasteiger partial charge in [0.2, 0.25) is 0 Å². The molecule has 1 saturated heterocycles. The predicted octanol–water partition coefficient (Wildman–Crippen LogP) is 3.23. The van der Waals surface area contributed by atoms with Crippen LogP contribution in [0.5, 0.6) is 0 Å². The van der Waals surface area contributed by atoms with Gasteiger partial charge in [-0.3, -0.25) is 9.59 Å². The maximum Gasteiger partial charge on any atom is 0.341 e. The topological polar surface area (TPSA) is 78.9 Å². The van der Waals surface area contributed by atoms with Gasteiger partial charge in [-0.15, -0.1) is 0 Å². The van der Waals surface area contributed by atoms with Gasteiger partial charge in [-0.1, -0.05) is 67.2 Å². The maximum atomic E-state index is 14.0. The minimum Gasteiger partial charge on any atom is -0.468 e. The zero-order chi connectivity index (χ0) is 22.4. The number of ether oxygens (including phenoxy) is 3. The van der Waals surface area contributed by atoms with Gasteiger partial charge in [-0.05, 0) is 23.6 Å². The van der Waals surface area contributed by atoms with E-state index in [2.05, 4.69) is 6.58 Å². The number of esters is 2. The number of carbonyl (C=O) groups excluding carboxylic acids is 3. The summed E-state index contributed by atoms with van der Waals surface area (Å²) in [5.41, 5.74) is -2.23. The first-order valence-electron chi connectivity index (χ1n) is 9.82. The third kappa shape index (κ3) is 2.45. The van der Waals surface area contributed by atoms with Gasteiger partial charge in [0.15, 0.2) is 11.2 Å². The van der Waals surface area contributed by atoms with Gasteiger partial charge in [0.1, 0.15) is 11.2 Å². The second-order valence-electron chi connectivity index (χ2n) is 7.51. The molecule has 0 N–H and O–H groups in total. The molecule has 158 valence electrons. The smallest absolute Gasteiger partial charge is 0.341 e. The predicted molar refractivity (Wildman–Crippen MR) is 113 cm³/mol. The van der Waals surface area contributed by atoms with Crippen molar-refractivity contribution in [2.45, 2.75) is 18.6 Å². The van der Waals surface area contributed by atoms with Crippen molar-refractivity contribution in [3.05, 3.63) is 89.5 Å². The summed E-state index contributed by atoms with van der Waals surface area (Å²) in [7, 11) is 2.40. The molecule has 0 bridgehead atoms. The van der Waals surface area contributed by atoms with E-state index in [1.165, 1.54) is 14.2 Å². The average molecular weight is 418 g/mol. The van der Waals surface area contributed by atoms with Crippen LogP contribution in [-0.2, 0) is 34.2 Å². The first-order chi connectivity index (χ1) is 14.9. The summed E-state index contributed by atoms with van der Waals surface area (Å²) in [6.45, 7) is 5.79. The van der Waals surface area contributed by atoms with Crippen LogP contribution in [0.1, 0.15) is 18.1 Å². The molecule has 0 spiro atoms. The Morgan fingerprint density at radius 2 is 1.55 bits per heavy atom. The van der Waals surface area contributed by atoms with E-state index in [4.69, 9.17) is 14.2 Å². The monoisotopic (exact) mass is 418 g/mol. The van der Waals surface area contributed by atoms with Crippen LogP contribution >= 0.6 is 0 Å². The summed E-state index contributed by atoms with van der Waals surface area (Å²) in [6.07, 6.45) is -0.652. The van der Waals surface area contributed by atoms with Crippen LogP contribution in [0.2, 0.25) is 0 Å². The Bertz CT molecular complexity index is 1120. The van der Waals surface area contributed by atoms with Gasteiger partial charge in [0, 0.05) is 5.57 Å². The number of carbonyl (C=O) groups is 3. The molecular weight excluding hydrogens is 396 g/mol. The third-order valence-electron chi connectivity index (χ3n) is 6.15. The van der Waals surface area contributed by atoms with Crippen molar-refractivity contribution in [1.82, 2.24) is 0 Å². The van der Waals surface area contributed by atoms with E-state index in [1.807, 2.05) is 12.1 Å². The molecule has 1 aliphatic carbocycles. The molecule has 0 unspecified atom stereocenters. The van der Waals surface area contributed by atoms with E-state index in [9.17, 15) is 14.4 Å². The normalized spacial score (nSPS) is 27.3.